The SMILES string of the molecule is CC/C=C/[C@H]1C(=O)c2c(O)c(=O)c(C(=O)NCc3cccc(Cl)c3F)cn2C[C@]12C[C@@H](OC)C2. The Balaban J connectivity index is 1.67. The van der Waals surface area contributed by atoms with E-state index in [1.54, 1.807) is 13.2 Å². The number of aromatic nitrogens is 1. The van der Waals surface area contributed by atoms with Gasteiger partial charge >= 0.3 is 0 Å². The summed E-state index contributed by atoms with van der Waals surface area (Å²) in [5.74, 6) is -3.04. The van der Waals surface area contributed by atoms with Gasteiger partial charge in [0.25, 0.3) is 5.91 Å². The average molecular weight is 489 g/mol. The molecule has 9 heteroatoms. The first kappa shape index (κ1) is 24.2. The van der Waals surface area contributed by atoms with Gasteiger partial charge in [0.2, 0.25) is 5.43 Å². The van der Waals surface area contributed by atoms with Crippen molar-refractivity contribution in [3.05, 3.63) is 74.4 Å². The van der Waals surface area contributed by atoms with E-state index in [9.17, 15) is 23.9 Å². The number of aromatic hydroxyl groups is 1. The van der Waals surface area contributed by atoms with Crippen LogP contribution in [0.2, 0.25) is 5.02 Å². The molecule has 1 aromatic carbocycles. The lowest BCUT2D eigenvalue weighted by Crippen LogP contribution is -2.55. The van der Waals surface area contributed by atoms with E-state index in [1.807, 2.05) is 19.1 Å². The molecule has 1 aliphatic carbocycles. The molecular formula is C25H26ClFN2O5. The quantitative estimate of drug-likeness (QED) is 0.602. The molecule has 0 saturated heterocycles. The van der Waals surface area contributed by atoms with Crippen LogP contribution in [0.3, 0.4) is 0 Å². The Morgan fingerprint density at radius 2 is 2.12 bits per heavy atom. The number of carbonyl (C=O) groups is 2. The molecule has 180 valence electrons. The summed E-state index contributed by atoms with van der Waals surface area (Å²) in [6, 6.07) is 4.40. The Morgan fingerprint density at radius 1 is 1.38 bits per heavy atom. The predicted molar refractivity (Wildman–Crippen MR) is 125 cm³/mol. The molecule has 0 radical (unpaired) electrons. The predicted octanol–water partition coefficient (Wildman–Crippen LogP) is 3.85. The number of hydrogen-bond donors (Lipinski definition) is 2. The van der Waals surface area contributed by atoms with Crippen molar-refractivity contribution >= 4 is 23.3 Å². The number of Topliss-reactive ketones (excluding diaryl/α,β-unsaturated/α-hetero) is 1. The first-order valence-corrected chi connectivity index (χ1v) is 11.5. The maximum Gasteiger partial charge on any atom is 0.257 e. The number of carbonyl (C=O) groups excluding carboxylic acids is 2. The van der Waals surface area contributed by atoms with Gasteiger partial charge in [-0.15, -0.1) is 0 Å². The van der Waals surface area contributed by atoms with E-state index in [-0.39, 0.29) is 40.3 Å². The molecule has 2 aliphatic rings. The minimum absolute atomic E-state index is 0.0233. The van der Waals surface area contributed by atoms with Crippen molar-refractivity contribution in [3.8, 4) is 5.75 Å². The second-order valence-electron chi connectivity index (χ2n) is 8.90. The van der Waals surface area contributed by atoms with Crippen LogP contribution in [-0.2, 0) is 17.8 Å². The fraction of sp³-hybridized carbons (Fsp3) is 0.400. The minimum atomic E-state index is -0.943. The first-order chi connectivity index (χ1) is 16.2. The Morgan fingerprint density at radius 3 is 2.79 bits per heavy atom. The van der Waals surface area contributed by atoms with Crippen LogP contribution in [-0.4, -0.2) is 34.6 Å². The number of hydrogen-bond acceptors (Lipinski definition) is 5. The fourth-order valence-corrected chi connectivity index (χ4v) is 5.17. The molecule has 1 fully saturated rings. The van der Waals surface area contributed by atoms with Crippen molar-refractivity contribution in [2.75, 3.05) is 7.11 Å². The summed E-state index contributed by atoms with van der Waals surface area (Å²) in [4.78, 5) is 39.0. The van der Waals surface area contributed by atoms with Gasteiger partial charge in [-0.25, -0.2) is 4.39 Å². The van der Waals surface area contributed by atoms with E-state index in [0.29, 0.717) is 19.4 Å². The number of benzene rings is 1. The van der Waals surface area contributed by atoms with E-state index in [4.69, 9.17) is 16.3 Å². The molecule has 1 amide bonds. The number of halogens is 2. The van der Waals surface area contributed by atoms with Crippen molar-refractivity contribution in [1.82, 2.24) is 9.88 Å². The van der Waals surface area contributed by atoms with Crippen LogP contribution in [0.25, 0.3) is 0 Å². The van der Waals surface area contributed by atoms with Gasteiger partial charge in [-0.05, 0) is 25.3 Å². The van der Waals surface area contributed by atoms with Crippen LogP contribution in [0.4, 0.5) is 4.39 Å². The largest absolute Gasteiger partial charge is 0.503 e. The van der Waals surface area contributed by atoms with Crippen LogP contribution < -0.4 is 10.7 Å². The number of allylic oxidation sites excluding steroid dienone is 2. The van der Waals surface area contributed by atoms with Crippen molar-refractivity contribution in [2.45, 2.75) is 45.4 Å². The Hall–Kier alpha value is -2.97. The molecule has 7 nitrogen and oxygen atoms in total. The molecule has 1 aliphatic heterocycles. The molecule has 2 N–H and O–H groups in total. The molecule has 34 heavy (non-hydrogen) atoms. The van der Waals surface area contributed by atoms with Gasteiger partial charge in [-0.2, -0.15) is 0 Å². The van der Waals surface area contributed by atoms with Crippen LogP contribution >= 0.6 is 11.6 Å². The molecule has 2 heterocycles. The first-order valence-electron chi connectivity index (χ1n) is 11.1. The Labute approximate surface area is 201 Å². The molecule has 1 aromatic heterocycles. The number of nitrogens with zero attached hydrogens (tertiary/aromatic N) is 1. The number of fused-ring (bicyclic) bond motifs is 1. The smallest absolute Gasteiger partial charge is 0.257 e. The van der Waals surface area contributed by atoms with E-state index >= 15 is 0 Å². The molecule has 0 bridgehead atoms. The Bertz CT molecular complexity index is 1230. The van der Waals surface area contributed by atoms with Gasteiger partial charge in [0, 0.05) is 43.3 Å². The Kier molecular flexibility index (Phi) is 6.64. The zero-order valence-electron chi connectivity index (χ0n) is 18.9. The zero-order valence-corrected chi connectivity index (χ0v) is 19.7. The van der Waals surface area contributed by atoms with E-state index < -0.39 is 34.2 Å². The monoisotopic (exact) mass is 488 g/mol. The zero-order chi connectivity index (χ0) is 24.6. The average Bonchev–Trinajstić information content (AvgIpc) is 2.79. The third-order valence-corrected chi connectivity index (χ3v) is 7.09. The van der Waals surface area contributed by atoms with E-state index in [2.05, 4.69) is 5.32 Å². The highest BCUT2D eigenvalue weighted by Crippen LogP contribution is 2.54. The summed E-state index contributed by atoms with van der Waals surface area (Å²) < 4.78 is 21.1. The number of pyridine rings is 1. The van der Waals surface area contributed by atoms with Gasteiger partial charge in [-0.1, -0.05) is 42.8 Å². The normalized spacial score (nSPS) is 23.7. The highest BCUT2D eigenvalue weighted by molar-refractivity contribution is 6.30. The summed E-state index contributed by atoms with van der Waals surface area (Å²) in [6.07, 6.45) is 7.13. The van der Waals surface area contributed by atoms with Gasteiger partial charge in [0.15, 0.2) is 11.5 Å². The molecule has 1 spiro atoms. The van der Waals surface area contributed by atoms with Crippen LogP contribution in [0.5, 0.6) is 5.75 Å². The third kappa shape index (κ3) is 4.05. The lowest BCUT2D eigenvalue weighted by molar-refractivity contribution is -0.0873. The second kappa shape index (κ2) is 9.35. The number of ether oxygens (including phenoxy) is 1. The number of amides is 1. The lowest BCUT2D eigenvalue weighted by atomic mass is 9.56. The van der Waals surface area contributed by atoms with Gasteiger partial charge in [0.05, 0.1) is 11.1 Å². The number of methoxy groups -OCH3 is 1. The molecule has 4 rings (SSSR count). The van der Waals surface area contributed by atoms with E-state index in [1.165, 1.54) is 22.9 Å². The van der Waals surface area contributed by atoms with Crippen molar-refractivity contribution in [3.63, 3.8) is 0 Å². The molecule has 1 saturated carbocycles. The second-order valence-corrected chi connectivity index (χ2v) is 9.31. The summed E-state index contributed by atoms with van der Waals surface area (Å²) in [5, 5.41) is 13.1. The molecule has 1 atom stereocenters. The van der Waals surface area contributed by atoms with Gasteiger partial charge in [0.1, 0.15) is 17.1 Å². The van der Waals surface area contributed by atoms with Crippen molar-refractivity contribution in [1.29, 1.82) is 0 Å². The summed E-state index contributed by atoms with van der Waals surface area (Å²) in [6.45, 7) is 2.12. The van der Waals surface area contributed by atoms with Gasteiger partial charge in [-0.3, -0.25) is 14.4 Å². The van der Waals surface area contributed by atoms with Crippen molar-refractivity contribution < 1.29 is 23.8 Å². The van der Waals surface area contributed by atoms with Gasteiger partial charge < -0.3 is 19.7 Å². The molecule has 2 aromatic rings. The highest BCUT2D eigenvalue weighted by Gasteiger charge is 2.55. The number of nitrogens with one attached hydrogen (secondary N) is 1. The topological polar surface area (TPSA) is 97.6 Å². The number of rotatable bonds is 6. The van der Waals surface area contributed by atoms with Crippen molar-refractivity contribution in [2.24, 2.45) is 11.3 Å². The molecular weight excluding hydrogens is 463 g/mol. The fourth-order valence-electron chi connectivity index (χ4n) is 4.97. The maximum absolute atomic E-state index is 14.1. The van der Waals surface area contributed by atoms with E-state index in [0.717, 1.165) is 6.42 Å². The minimum Gasteiger partial charge on any atom is -0.503 e. The number of ketones is 1. The van der Waals surface area contributed by atoms with Crippen LogP contribution in [0.1, 0.15) is 52.6 Å². The summed E-state index contributed by atoms with van der Waals surface area (Å²) in [5.41, 5.74) is -1.63. The summed E-state index contributed by atoms with van der Waals surface area (Å²) in [7, 11) is 1.63. The third-order valence-electron chi connectivity index (χ3n) is 6.80. The standard InChI is InChI=1S/C25H26ClFN2O5/c1-3-4-7-17-22(31)20-23(32)21(30)16(12-29(20)13-25(17)9-15(10-25)34-2)24(33)28-11-14-6-5-8-18(26)19(14)27/h4-8,12,15,17,32H,3,9-11,13H2,1-2H3,(H,28,33)/b7-4+/t15-,17-,25-/m0/s1. The lowest BCUT2D eigenvalue weighted by Gasteiger charge is -2.53. The van der Waals surface area contributed by atoms with Crippen LogP contribution in [0.15, 0.2) is 41.3 Å². The molecule has 0 unspecified atom stereocenters. The summed E-state index contributed by atoms with van der Waals surface area (Å²) >= 11 is 5.78. The van der Waals surface area contributed by atoms with Crippen LogP contribution in [0, 0.1) is 17.2 Å². The maximum atomic E-state index is 14.1. The highest BCUT2D eigenvalue weighted by atomic mass is 35.5.